The van der Waals surface area contributed by atoms with Gasteiger partial charge in [-0.1, -0.05) is 18.2 Å². The molecule has 2 aromatic rings. The first-order valence-electron chi connectivity index (χ1n) is 8.59. The van der Waals surface area contributed by atoms with E-state index in [0.717, 1.165) is 27.6 Å². The van der Waals surface area contributed by atoms with Crippen LogP contribution in [0, 0.1) is 11.3 Å². The van der Waals surface area contributed by atoms with Gasteiger partial charge < -0.3 is 9.30 Å². The summed E-state index contributed by atoms with van der Waals surface area (Å²) in [5.74, 6) is 0.753. The topological polar surface area (TPSA) is 84.1 Å². The van der Waals surface area contributed by atoms with Crippen molar-refractivity contribution in [3.8, 4) is 17.3 Å². The SMILES string of the molecule is CCn1c(-c2ccc(S(=O)(=O)NC)cc2)c(C#N)c2c1=CC(OC)=CCC=2. The van der Waals surface area contributed by atoms with Crippen molar-refractivity contribution in [2.45, 2.75) is 24.8 Å². The average Bonchev–Trinajstić information content (AvgIpc) is 2.83. The van der Waals surface area contributed by atoms with Crippen LogP contribution in [0.5, 0.6) is 0 Å². The molecule has 0 saturated carbocycles. The van der Waals surface area contributed by atoms with Crippen molar-refractivity contribution < 1.29 is 13.2 Å². The number of rotatable bonds is 5. The number of hydrogen-bond acceptors (Lipinski definition) is 4. The number of nitriles is 1. The molecule has 0 atom stereocenters. The van der Waals surface area contributed by atoms with Gasteiger partial charge in [-0.15, -0.1) is 0 Å². The largest absolute Gasteiger partial charge is 0.497 e. The molecular weight excluding hydrogens is 362 g/mol. The van der Waals surface area contributed by atoms with Crippen LogP contribution in [0.1, 0.15) is 18.9 Å². The van der Waals surface area contributed by atoms with E-state index >= 15 is 0 Å². The Morgan fingerprint density at radius 2 is 1.96 bits per heavy atom. The Kier molecular flexibility index (Phi) is 5.22. The molecule has 1 aromatic heterocycles. The highest BCUT2D eigenvalue weighted by Crippen LogP contribution is 2.23. The van der Waals surface area contributed by atoms with Gasteiger partial charge in [0.2, 0.25) is 10.0 Å². The maximum absolute atomic E-state index is 12.0. The lowest BCUT2D eigenvalue weighted by Crippen LogP contribution is -2.29. The number of nitrogens with one attached hydrogen (secondary N) is 1. The summed E-state index contributed by atoms with van der Waals surface area (Å²) in [4.78, 5) is 0.186. The van der Waals surface area contributed by atoms with Crippen LogP contribution in [0.15, 0.2) is 41.0 Å². The standard InChI is InChI=1S/C20H21N3O3S/c1-4-23-19-12-15(26-3)6-5-7-17(19)18(13-21)20(23)14-8-10-16(11-9-14)27(24,25)22-2/h6-12,22H,4-5H2,1-3H3. The van der Waals surface area contributed by atoms with Crippen LogP contribution in [-0.4, -0.2) is 27.1 Å². The molecule has 0 aliphatic heterocycles. The molecule has 0 amide bonds. The van der Waals surface area contributed by atoms with Gasteiger partial charge in [0, 0.05) is 17.8 Å². The van der Waals surface area contributed by atoms with Crippen LogP contribution in [0.2, 0.25) is 0 Å². The highest BCUT2D eigenvalue weighted by molar-refractivity contribution is 7.89. The second kappa shape index (κ2) is 7.43. The predicted molar refractivity (Wildman–Crippen MR) is 104 cm³/mol. The summed E-state index contributed by atoms with van der Waals surface area (Å²) in [6.07, 6.45) is 6.60. The van der Waals surface area contributed by atoms with E-state index in [4.69, 9.17) is 4.74 Å². The fourth-order valence-electron chi connectivity index (χ4n) is 3.30. The molecule has 0 bridgehead atoms. The third-order valence-corrected chi connectivity index (χ3v) is 6.06. The fourth-order valence-corrected chi connectivity index (χ4v) is 4.03. The number of methoxy groups -OCH3 is 1. The molecule has 0 fully saturated rings. The van der Waals surface area contributed by atoms with Gasteiger partial charge in [-0.05, 0) is 44.2 Å². The smallest absolute Gasteiger partial charge is 0.240 e. The highest BCUT2D eigenvalue weighted by Gasteiger charge is 2.18. The molecule has 27 heavy (non-hydrogen) atoms. The summed E-state index contributed by atoms with van der Waals surface area (Å²) in [6.45, 7) is 2.68. The lowest BCUT2D eigenvalue weighted by Gasteiger charge is -2.10. The van der Waals surface area contributed by atoms with E-state index in [9.17, 15) is 13.7 Å². The van der Waals surface area contributed by atoms with E-state index in [-0.39, 0.29) is 4.90 Å². The molecule has 7 heteroatoms. The minimum Gasteiger partial charge on any atom is -0.497 e. The number of allylic oxidation sites excluding steroid dienone is 2. The molecular formula is C20H21N3O3S. The molecule has 0 spiro atoms. The van der Waals surface area contributed by atoms with Gasteiger partial charge in [0.15, 0.2) is 0 Å². The van der Waals surface area contributed by atoms with Crippen molar-refractivity contribution in [1.82, 2.24) is 9.29 Å². The molecule has 3 rings (SSSR count). The third kappa shape index (κ3) is 3.29. The zero-order valence-electron chi connectivity index (χ0n) is 15.5. The highest BCUT2D eigenvalue weighted by atomic mass is 32.2. The van der Waals surface area contributed by atoms with Gasteiger partial charge in [-0.3, -0.25) is 0 Å². The Hall–Kier alpha value is -2.82. The molecule has 6 nitrogen and oxygen atoms in total. The first-order chi connectivity index (χ1) is 13.0. The minimum absolute atomic E-state index is 0.186. The van der Waals surface area contributed by atoms with Crippen molar-refractivity contribution in [1.29, 1.82) is 5.26 Å². The molecule has 0 radical (unpaired) electrons. The maximum Gasteiger partial charge on any atom is 0.240 e. The Balaban J connectivity index is 2.28. The number of ether oxygens (including phenoxy) is 1. The Labute approximate surface area is 158 Å². The van der Waals surface area contributed by atoms with Gasteiger partial charge in [0.25, 0.3) is 0 Å². The zero-order valence-corrected chi connectivity index (χ0v) is 16.3. The summed E-state index contributed by atoms with van der Waals surface area (Å²) in [5, 5.41) is 11.6. The molecule has 1 aliphatic carbocycles. The van der Waals surface area contributed by atoms with E-state index in [2.05, 4.69) is 15.4 Å². The van der Waals surface area contributed by atoms with Gasteiger partial charge in [-0.2, -0.15) is 5.26 Å². The summed E-state index contributed by atoms with van der Waals surface area (Å²) in [7, 11) is -0.502. The number of sulfonamides is 1. The zero-order chi connectivity index (χ0) is 19.6. The molecule has 1 aliphatic rings. The second-order valence-electron chi connectivity index (χ2n) is 6.01. The van der Waals surface area contributed by atoms with Crippen LogP contribution < -0.4 is 15.3 Å². The van der Waals surface area contributed by atoms with E-state index in [1.165, 1.54) is 7.05 Å². The monoisotopic (exact) mass is 383 g/mol. The van der Waals surface area contributed by atoms with Gasteiger partial charge >= 0.3 is 0 Å². The average molecular weight is 383 g/mol. The Morgan fingerprint density at radius 3 is 2.52 bits per heavy atom. The normalized spacial score (nSPS) is 13.5. The predicted octanol–water partition coefficient (Wildman–Crippen LogP) is 1.45. The fraction of sp³-hybridized carbons (Fsp3) is 0.250. The first-order valence-corrected chi connectivity index (χ1v) is 10.1. The molecule has 140 valence electrons. The van der Waals surface area contributed by atoms with E-state index in [1.54, 1.807) is 31.4 Å². The van der Waals surface area contributed by atoms with Crippen molar-refractivity contribution in [2.75, 3.05) is 14.2 Å². The number of aromatic nitrogens is 1. The summed E-state index contributed by atoms with van der Waals surface area (Å²) in [5.41, 5.74) is 2.16. The number of benzene rings is 1. The van der Waals surface area contributed by atoms with Crippen molar-refractivity contribution in [2.24, 2.45) is 0 Å². The number of hydrogen-bond donors (Lipinski definition) is 1. The first kappa shape index (κ1) is 19.0. The van der Waals surface area contributed by atoms with Crippen LogP contribution in [0.25, 0.3) is 23.4 Å². The van der Waals surface area contributed by atoms with Crippen LogP contribution >= 0.6 is 0 Å². The summed E-state index contributed by atoms with van der Waals surface area (Å²) in [6, 6.07) is 8.90. The van der Waals surface area contributed by atoms with E-state index in [0.29, 0.717) is 18.5 Å². The molecule has 1 heterocycles. The third-order valence-electron chi connectivity index (χ3n) is 4.63. The van der Waals surface area contributed by atoms with Gasteiger partial charge in [0.1, 0.15) is 11.8 Å². The van der Waals surface area contributed by atoms with E-state index < -0.39 is 10.0 Å². The molecule has 1 N–H and O–H groups in total. The summed E-state index contributed by atoms with van der Waals surface area (Å²) < 4.78 is 33.7. The molecule has 1 aromatic carbocycles. The lowest BCUT2D eigenvalue weighted by molar-refractivity contribution is 0.312. The van der Waals surface area contributed by atoms with Crippen LogP contribution in [-0.2, 0) is 21.3 Å². The van der Waals surface area contributed by atoms with Crippen LogP contribution in [0.3, 0.4) is 0 Å². The molecule has 0 unspecified atom stereocenters. The van der Waals surface area contributed by atoms with E-state index in [1.807, 2.05) is 25.2 Å². The summed E-state index contributed by atoms with van der Waals surface area (Å²) >= 11 is 0. The minimum atomic E-state index is -3.50. The van der Waals surface area contributed by atoms with Crippen LogP contribution in [0.4, 0.5) is 0 Å². The maximum atomic E-state index is 12.0. The second-order valence-corrected chi connectivity index (χ2v) is 7.89. The Morgan fingerprint density at radius 1 is 1.26 bits per heavy atom. The number of nitrogens with zero attached hydrogens (tertiary/aromatic N) is 2. The van der Waals surface area contributed by atoms with Gasteiger partial charge in [-0.25, -0.2) is 13.1 Å². The lowest BCUT2D eigenvalue weighted by atomic mass is 10.1. The molecule has 0 saturated heterocycles. The van der Waals surface area contributed by atoms with Gasteiger partial charge in [0.05, 0.1) is 28.6 Å². The Bertz CT molecular complexity index is 1170. The van der Waals surface area contributed by atoms with Crippen molar-refractivity contribution >= 4 is 22.2 Å². The number of fused-ring (bicyclic) bond motifs is 1. The van der Waals surface area contributed by atoms with Crippen molar-refractivity contribution in [3.05, 3.63) is 52.2 Å². The van der Waals surface area contributed by atoms with Crippen molar-refractivity contribution in [3.63, 3.8) is 0 Å². The quantitative estimate of drug-likeness (QED) is 0.847.